The fraction of sp³-hybridized carbons (Fsp3) is 0.214. The van der Waals surface area contributed by atoms with E-state index in [-0.39, 0.29) is 32.0 Å². The Labute approximate surface area is 157 Å². The Morgan fingerprint density at radius 2 is 1.82 bits per heavy atom. The van der Waals surface area contributed by atoms with Crippen LogP contribution in [0.1, 0.15) is 5.69 Å². The Morgan fingerprint density at radius 1 is 1.14 bits per heavy atom. The Morgan fingerprint density at radius 3 is 2.39 bits per heavy atom. The number of ether oxygens (including phenoxy) is 1. The van der Waals surface area contributed by atoms with E-state index in [1.54, 1.807) is 0 Å². The van der Waals surface area contributed by atoms with Gasteiger partial charge in [0.1, 0.15) is 11.5 Å². The van der Waals surface area contributed by atoms with Crippen LogP contribution in [0.15, 0.2) is 27.8 Å². The maximum Gasteiger partial charge on any atom is 0.431 e. The van der Waals surface area contributed by atoms with Gasteiger partial charge in [0.15, 0.2) is 5.75 Å². The van der Waals surface area contributed by atoms with Crippen molar-refractivity contribution in [3.05, 3.63) is 55.6 Å². The summed E-state index contributed by atoms with van der Waals surface area (Å²) in [7, 11) is 2.25. The van der Waals surface area contributed by atoms with Crippen molar-refractivity contribution >= 4 is 11.6 Å². The molecule has 1 aromatic carbocycles. The van der Waals surface area contributed by atoms with Gasteiger partial charge in [0.05, 0.1) is 17.8 Å². The average Bonchev–Trinajstić information content (AvgIpc) is 2.99. The monoisotopic (exact) mass is 420 g/mol. The van der Waals surface area contributed by atoms with E-state index in [4.69, 9.17) is 16.3 Å². The molecule has 3 aromatic rings. The molecule has 0 aliphatic rings. The third-order valence-electron chi connectivity index (χ3n) is 3.54. The van der Waals surface area contributed by atoms with Gasteiger partial charge in [0, 0.05) is 19.2 Å². The second kappa shape index (κ2) is 6.74. The molecule has 3 rings (SSSR count). The molecule has 0 atom stereocenters. The number of nitrogens with zero attached hydrogens (tertiary/aromatic N) is 6. The highest BCUT2D eigenvalue weighted by Crippen LogP contribution is 2.32. The van der Waals surface area contributed by atoms with Gasteiger partial charge in [0.25, 0.3) is 5.56 Å². The van der Waals surface area contributed by atoms with Crippen LogP contribution in [0, 0.1) is 5.82 Å². The summed E-state index contributed by atoms with van der Waals surface area (Å²) in [5.41, 5.74) is -4.94. The van der Waals surface area contributed by atoms with Crippen molar-refractivity contribution in [1.82, 2.24) is 29.3 Å². The van der Waals surface area contributed by atoms with Gasteiger partial charge >= 0.3 is 17.9 Å². The van der Waals surface area contributed by atoms with Gasteiger partial charge in [-0.15, -0.1) is 0 Å². The summed E-state index contributed by atoms with van der Waals surface area (Å²) in [4.78, 5) is 25.5. The highest BCUT2D eigenvalue weighted by atomic mass is 35.5. The maximum absolute atomic E-state index is 14.4. The molecule has 0 fully saturated rings. The van der Waals surface area contributed by atoms with E-state index < -0.39 is 34.6 Å². The summed E-state index contributed by atoms with van der Waals surface area (Å²) >= 11 is 5.87. The van der Waals surface area contributed by atoms with Crippen LogP contribution in [-0.4, -0.2) is 29.3 Å². The predicted molar refractivity (Wildman–Crippen MR) is 86.1 cm³/mol. The van der Waals surface area contributed by atoms with Crippen LogP contribution in [0.5, 0.6) is 11.8 Å². The minimum Gasteiger partial charge on any atom is -0.420 e. The number of benzene rings is 1. The lowest BCUT2D eigenvalue weighted by molar-refractivity contribution is -0.144. The van der Waals surface area contributed by atoms with Gasteiger partial charge < -0.3 is 4.74 Å². The van der Waals surface area contributed by atoms with Gasteiger partial charge in [-0.3, -0.25) is 9.36 Å². The molecule has 14 heteroatoms. The van der Waals surface area contributed by atoms with E-state index in [2.05, 4.69) is 15.4 Å². The van der Waals surface area contributed by atoms with Crippen LogP contribution in [-0.2, 0) is 20.3 Å². The molecule has 0 aliphatic carbocycles. The Hall–Kier alpha value is -3.22. The molecule has 0 saturated heterocycles. The minimum atomic E-state index is -4.95. The molecule has 0 unspecified atom stereocenters. The molecule has 148 valence electrons. The lowest BCUT2D eigenvalue weighted by atomic mass is 10.2. The molecule has 28 heavy (non-hydrogen) atoms. The van der Waals surface area contributed by atoms with Crippen molar-refractivity contribution in [2.24, 2.45) is 14.1 Å². The highest BCUT2D eigenvalue weighted by molar-refractivity contribution is 6.32. The van der Waals surface area contributed by atoms with E-state index in [9.17, 15) is 27.2 Å². The largest absolute Gasteiger partial charge is 0.431 e. The van der Waals surface area contributed by atoms with E-state index in [0.29, 0.717) is 0 Å². The van der Waals surface area contributed by atoms with Gasteiger partial charge in [-0.05, 0) is 11.3 Å². The quantitative estimate of drug-likeness (QED) is 0.598. The first-order chi connectivity index (χ1) is 13.0. The Bertz CT molecular complexity index is 1180. The molecule has 0 spiro atoms. The van der Waals surface area contributed by atoms with Crippen molar-refractivity contribution < 1.29 is 22.3 Å². The number of rotatable bonds is 3. The third-order valence-corrected chi connectivity index (χ3v) is 3.84. The first kappa shape index (κ1) is 19.5. The third kappa shape index (κ3) is 3.47. The topological polar surface area (TPSA) is 96.8 Å². The summed E-state index contributed by atoms with van der Waals surface area (Å²) < 4.78 is 58.8. The molecule has 0 aliphatic heterocycles. The molecule has 0 bridgehead atoms. The number of tetrazole rings is 1. The number of hydrogen-bond donors (Lipinski definition) is 0. The van der Waals surface area contributed by atoms with Crippen molar-refractivity contribution in [3.8, 4) is 17.4 Å². The molecular weight excluding hydrogens is 412 g/mol. The fourth-order valence-electron chi connectivity index (χ4n) is 2.29. The lowest BCUT2D eigenvalue weighted by Crippen LogP contribution is -2.41. The predicted octanol–water partition coefficient (Wildman–Crippen LogP) is 1.66. The minimum absolute atomic E-state index is 0.181. The fourth-order valence-corrected chi connectivity index (χ4v) is 2.48. The molecular formula is C14H9ClF4N6O3. The Balaban J connectivity index is 2.19. The number of hydrogen-bond acceptors (Lipinski definition) is 6. The first-order valence-electron chi connectivity index (χ1n) is 7.30. The van der Waals surface area contributed by atoms with Crippen LogP contribution in [0.3, 0.4) is 0 Å². The molecule has 0 saturated carbocycles. The van der Waals surface area contributed by atoms with Crippen LogP contribution in [0.2, 0.25) is 5.02 Å². The van der Waals surface area contributed by atoms with Crippen molar-refractivity contribution in [1.29, 1.82) is 0 Å². The van der Waals surface area contributed by atoms with E-state index in [1.165, 1.54) is 7.05 Å². The second-order valence-electron chi connectivity index (χ2n) is 5.44. The summed E-state index contributed by atoms with van der Waals surface area (Å²) in [6.45, 7) is 0. The summed E-state index contributed by atoms with van der Waals surface area (Å²) in [6, 6.07) is 1.51. The molecule has 0 radical (unpaired) electrons. The zero-order valence-corrected chi connectivity index (χ0v) is 14.8. The number of aryl methyl sites for hydroxylation is 1. The summed E-state index contributed by atoms with van der Waals surface area (Å²) in [5.74, 6) is -1.39. The maximum atomic E-state index is 14.4. The summed E-state index contributed by atoms with van der Waals surface area (Å²) in [5, 5.41) is 10.5. The van der Waals surface area contributed by atoms with E-state index in [0.717, 1.165) is 24.0 Å². The number of alkyl halides is 3. The zero-order valence-electron chi connectivity index (χ0n) is 14.0. The van der Waals surface area contributed by atoms with Crippen molar-refractivity contribution in [2.45, 2.75) is 6.18 Å². The van der Waals surface area contributed by atoms with Crippen LogP contribution < -0.4 is 16.0 Å². The first-order valence-corrected chi connectivity index (χ1v) is 7.68. The molecule has 0 N–H and O–H groups in total. The summed E-state index contributed by atoms with van der Waals surface area (Å²) in [6.07, 6.45) is -4.95. The number of aromatic nitrogens is 6. The van der Waals surface area contributed by atoms with Crippen LogP contribution in [0.25, 0.3) is 5.69 Å². The normalized spacial score (nSPS) is 11.7. The van der Waals surface area contributed by atoms with E-state index in [1.807, 2.05) is 0 Å². The average molecular weight is 421 g/mol. The zero-order chi connectivity index (χ0) is 20.8. The van der Waals surface area contributed by atoms with Gasteiger partial charge in [-0.1, -0.05) is 21.8 Å². The van der Waals surface area contributed by atoms with Crippen molar-refractivity contribution in [3.63, 3.8) is 0 Å². The van der Waals surface area contributed by atoms with E-state index >= 15 is 0 Å². The highest BCUT2D eigenvalue weighted by Gasteiger charge is 2.35. The molecule has 0 amide bonds. The smallest absolute Gasteiger partial charge is 0.420 e. The Kier molecular flexibility index (Phi) is 4.71. The van der Waals surface area contributed by atoms with Crippen LogP contribution in [0.4, 0.5) is 17.6 Å². The molecule has 2 heterocycles. The SMILES string of the molecule is Cn1nnc(Oc2cc(-n3c(=O)cc(C(F)(F)F)n(C)c3=O)c(F)cc2Cl)n1. The standard InChI is InChI=1S/C14H9ClF4N6O3/c1-23-10(14(17,18)19)5-11(26)25(13(23)27)8-4-9(6(15)3-7(8)16)28-12-20-22-24(2)21-12/h3-5H,1-2H3. The van der Waals surface area contributed by atoms with Gasteiger partial charge in [-0.2, -0.15) is 18.0 Å². The van der Waals surface area contributed by atoms with Crippen molar-refractivity contribution in [2.75, 3.05) is 0 Å². The molecule has 2 aromatic heterocycles. The number of halogens is 5. The molecule has 9 nitrogen and oxygen atoms in total. The lowest BCUT2D eigenvalue weighted by Gasteiger charge is -2.15. The second-order valence-corrected chi connectivity index (χ2v) is 5.85. The van der Waals surface area contributed by atoms with Gasteiger partial charge in [-0.25, -0.2) is 13.8 Å². The van der Waals surface area contributed by atoms with Gasteiger partial charge in [0.2, 0.25) is 0 Å². The van der Waals surface area contributed by atoms with Crippen LogP contribution >= 0.6 is 11.6 Å².